The molecule has 20 heavy (non-hydrogen) atoms. The molecule has 1 aliphatic heterocycles. The molecule has 1 heterocycles. The number of rotatable bonds is 7. The minimum absolute atomic E-state index is 0.794. The van der Waals surface area contributed by atoms with Crippen LogP contribution in [0.15, 0.2) is 0 Å². The smallest absolute Gasteiger partial charge is 0.00123 e. The Morgan fingerprint density at radius 3 is 2.50 bits per heavy atom. The minimum Gasteiger partial charge on any atom is -0.330 e. The standard InChI is InChI=1S/C18H36N2/c1-15(2)16(9-11-19)8-5-12-20-13-10-17-6-3-4-7-18(17)14-20/h15-18H,3-14,19H2,1-2H3. The minimum atomic E-state index is 0.794. The molecule has 0 aromatic carbocycles. The fraction of sp³-hybridized carbons (Fsp3) is 1.00. The Kier molecular flexibility index (Phi) is 6.83. The third-order valence-corrected chi connectivity index (χ3v) is 5.90. The van der Waals surface area contributed by atoms with Gasteiger partial charge in [-0.25, -0.2) is 0 Å². The maximum atomic E-state index is 5.74. The summed E-state index contributed by atoms with van der Waals surface area (Å²) in [6.07, 6.45) is 11.4. The van der Waals surface area contributed by atoms with Gasteiger partial charge in [-0.15, -0.1) is 0 Å². The number of fused-ring (bicyclic) bond motifs is 1. The van der Waals surface area contributed by atoms with Crippen molar-refractivity contribution < 1.29 is 0 Å². The highest BCUT2D eigenvalue weighted by Crippen LogP contribution is 2.36. The van der Waals surface area contributed by atoms with Gasteiger partial charge in [0, 0.05) is 6.54 Å². The van der Waals surface area contributed by atoms with Crippen molar-refractivity contribution in [1.29, 1.82) is 0 Å². The number of nitrogens with zero attached hydrogens (tertiary/aromatic N) is 1. The van der Waals surface area contributed by atoms with E-state index in [4.69, 9.17) is 5.73 Å². The zero-order chi connectivity index (χ0) is 14.4. The molecular formula is C18H36N2. The van der Waals surface area contributed by atoms with Crippen molar-refractivity contribution in [3.05, 3.63) is 0 Å². The summed E-state index contributed by atoms with van der Waals surface area (Å²) in [5.74, 6) is 3.73. The van der Waals surface area contributed by atoms with Gasteiger partial charge in [0.2, 0.25) is 0 Å². The Morgan fingerprint density at radius 2 is 1.80 bits per heavy atom. The van der Waals surface area contributed by atoms with Crippen LogP contribution in [-0.4, -0.2) is 31.1 Å². The Labute approximate surface area is 126 Å². The van der Waals surface area contributed by atoms with Gasteiger partial charge in [0.05, 0.1) is 0 Å². The lowest BCUT2D eigenvalue weighted by atomic mass is 9.75. The first kappa shape index (κ1) is 16.3. The monoisotopic (exact) mass is 280 g/mol. The van der Waals surface area contributed by atoms with Gasteiger partial charge in [-0.1, -0.05) is 33.1 Å². The number of hydrogen-bond acceptors (Lipinski definition) is 2. The van der Waals surface area contributed by atoms with E-state index in [1.165, 1.54) is 71.0 Å². The molecule has 0 aromatic rings. The molecule has 2 nitrogen and oxygen atoms in total. The molecule has 2 rings (SSSR count). The molecule has 2 heteroatoms. The van der Waals surface area contributed by atoms with E-state index in [0.29, 0.717) is 0 Å². The second kappa shape index (κ2) is 8.38. The largest absolute Gasteiger partial charge is 0.330 e. The van der Waals surface area contributed by atoms with Crippen LogP contribution in [0.2, 0.25) is 0 Å². The summed E-state index contributed by atoms with van der Waals surface area (Å²) < 4.78 is 0. The fourth-order valence-electron chi connectivity index (χ4n) is 4.48. The van der Waals surface area contributed by atoms with Crippen LogP contribution in [0.3, 0.4) is 0 Å². The van der Waals surface area contributed by atoms with Crippen molar-refractivity contribution in [2.24, 2.45) is 29.4 Å². The Morgan fingerprint density at radius 1 is 1.05 bits per heavy atom. The molecule has 0 aromatic heterocycles. The second-order valence-corrected chi connectivity index (χ2v) is 7.62. The molecule has 3 unspecified atom stereocenters. The van der Waals surface area contributed by atoms with Crippen molar-refractivity contribution in [3.63, 3.8) is 0 Å². The molecule has 0 spiro atoms. The van der Waals surface area contributed by atoms with Crippen LogP contribution in [0.4, 0.5) is 0 Å². The molecule has 0 radical (unpaired) electrons. The van der Waals surface area contributed by atoms with Crippen molar-refractivity contribution in [1.82, 2.24) is 4.90 Å². The lowest BCUT2D eigenvalue weighted by Gasteiger charge is -2.41. The van der Waals surface area contributed by atoms with Gasteiger partial charge >= 0.3 is 0 Å². The van der Waals surface area contributed by atoms with Gasteiger partial charge in [0.15, 0.2) is 0 Å². The number of hydrogen-bond donors (Lipinski definition) is 1. The highest BCUT2D eigenvalue weighted by molar-refractivity contribution is 4.83. The van der Waals surface area contributed by atoms with Gasteiger partial charge in [-0.2, -0.15) is 0 Å². The van der Waals surface area contributed by atoms with E-state index in [1.807, 2.05) is 0 Å². The van der Waals surface area contributed by atoms with Crippen molar-refractivity contribution >= 4 is 0 Å². The van der Waals surface area contributed by atoms with E-state index in [2.05, 4.69) is 18.7 Å². The SMILES string of the molecule is CC(C)C(CCN)CCCN1CCC2CCCCC2C1. The zero-order valence-corrected chi connectivity index (χ0v) is 13.8. The average molecular weight is 280 g/mol. The topological polar surface area (TPSA) is 29.3 Å². The summed E-state index contributed by atoms with van der Waals surface area (Å²) in [4.78, 5) is 2.76. The Hall–Kier alpha value is -0.0800. The van der Waals surface area contributed by atoms with Crippen LogP contribution in [0.1, 0.15) is 65.2 Å². The molecule has 0 bridgehead atoms. The lowest BCUT2D eigenvalue weighted by molar-refractivity contribution is 0.0841. The first-order chi connectivity index (χ1) is 9.70. The van der Waals surface area contributed by atoms with E-state index in [-0.39, 0.29) is 0 Å². The summed E-state index contributed by atoms with van der Waals surface area (Å²) in [5.41, 5.74) is 5.74. The maximum Gasteiger partial charge on any atom is 0.00123 e. The van der Waals surface area contributed by atoms with Crippen molar-refractivity contribution in [3.8, 4) is 0 Å². The normalized spacial score (nSPS) is 29.4. The number of nitrogens with two attached hydrogens (primary N) is 1. The maximum absolute atomic E-state index is 5.74. The molecule has 0 amide bonds. The third kappa shape index (κ3) is 4.73. The molecule has 3 atom stereocenters. The molecular weight excluding hydrogens is 244 g/mol. The fourth-order valence-corrected chi connectivity index (χ4v) is 4.48. The van der Waals surface area contributed by atoms with E-state index < -0.39 is 0 Å². The van der Waals surface area contributed by atoms with Crippen molar-refractivity contribution in [2.45, 2.75) is 65.2 Å². The van der Waals surface area contributed by atoms with Crippen LogP contribution in [0.5, 0.6) is 0 Å². The quantitative estimate of drug-likeness (QED) is 0.766. The molecule has 1 saturated heterocycles. The molecule has 118 valence electrons. The van der Waals surface area contributed by atoms with Crippen molar-refractivity contribution in [2.75, 3.05) is 26.2 Å². The Bertz CT molecular complexity index is 264. The second-order valence-electron chi connectivity index (χ2n) is 7.62. The van der Waals surface area contributed by atoms with Crippen LogP contribution in [0.25, 0.3) is 0 Å². The predicted molar refractivity (Wildman–Crippen MR) is 87.7 cm³/mol. The summed E-state index contributed by atoms with van der Waals surface area (Å²) in [7, 11) is 0. The van der Waals surface area contributed by atoms with E-state index in [1.54, 1.807) is 0 Å². The van der Waals surface area contributed by atoms with Crippen LogP contribution >= 0.6 is 0 Å². The van der Waals surface area contributed by atoms with Crippen LogP contribution < -0.4 is 5.73 Å². The zero-order valence-electron chi connectivity index (χ0n) is 13.8. The summed E-state index contributed by atoms with van der Waals surface area (Å²) >= 11 is 0. The highest BCUT2D eigenvalue weighted by Gasteiger charge is 2.30. The summed E-state index contributed by atoms with van der Waals surface area (Å²) in [5, 5.41) is 0. The third-order valence-electron chi connectivity index (χ3n) is 5.90. The van der Waals surface area contributed by atoms with E-state index in [0.717, 1.165) is 30.2 Å². The van der Waals surface area contributed by atoms with Gasteiger partial charge in [-0.3, -0.25) is 0 Å². The predicted octanol–water partition coefficient (Wildman–Crippen LogP) is 3.90. The molecule has 1 saturated carbocycles. The lowest BCUT2D eigenvalue weighted by Crippen LogP contribution is -2.42. The van der Waals surface area contributed by atoms with Gasteiger partial charge in [0.25, 0.3) is 0 Å². The van der Waals surface area contributed by atoms with Gasteiger partial charge in [-0.05, 0) is 75.4 Å². The molecule has 2 aliphatic rings. The highest BCUT2D eigenvalue weighted by atomic mass is 15.1. The number of likely N-dealkylation sites (tertiary alicyclic amines) is 1. The summed E-state index contributed by atoms with van der Waals surface area (Å²) in [6.45, 7) is 9.66. The number of piperidine rings is 1. The van der Waals surface area contributed by atoms with E-state index >= 15 is 0 Å². The summed E-state index contributed by atoms with van der Waals surface area (Å²) in [6, 6.07) is 0. The first-order valence-corrected chi connectivity index (χ1v) is 9.13. The van der Waals surface area contributed by atoms with Gasteiger partial charge in [0.1, 0.15) is 0 Å². The Balaban J connectivity index is 1.66. The van der Waals surface area contributed by atoms with Crippen LogP contribution in [-0.2, 0) is 0 Å². The van der Waals surface area contributed by atoms with E-state index in [9.17, 15) is 0 Å². The van der Waals surface area contributed by atoms with Gasteiger partial charge < -0.3 is 10.6 Å². The average Bonchev–Trinajstić information content (AvgIpc) is 2.46. The first-order valence-electron chi connectivity index (χ1n) is 9.13. The molecule has 2 N–H and O–H groups in total. The molecule has 2 fully saturated rings. The van der Waals surface area contributed by atoms with Crippen LogP contribution in [0, 0.1) is 23.7 Å². The molecule has 1 aliphatic carbocycles.